The highest BCUT2D eigenvalue weighted by Gasteiger charge is 2.40. The maximum absolute atomic E-state index is 13.2. The lowest BCUT2D eigenvalue weighted by Crippen LogP contribution is -2.32. The van der Waals surface area contributed by atoms with Crippen molar-refractivity contribution in [3.63, 3.8) is 0 Å². The third-order valence-corrected chi connectivity index (χ3v) is 5.39. The zero-order valence-corrected chi connectivity index (χ0v) is 16.2. The number of hydrogen-bond acceptors (Lipinski definition) is 5. The van der Waals surface area contributed by atoms with Gasteiger partial charge in [0.15, 0.2) is 0 Å². The molecule has 140 valence electrons. The third kappa shape index (κ3) is 3.18. The largest absolute Gasteiger partial charge is 0.497 e. The first kappa shape index (κ1) is 18.0. The average Bonchev–Trinajstić information content (AvgIpc) is 3.31. The molecule has 6 heteroatoms. The molecule has 0 spiro atoms. The smallest absolute Gasteiger partial charge is 0.282 e. The van der Waals surface area contributed by atoms with Crippen LogP contribution in [0.15, 0.2) is 71.7 Å². The lowest BCUT2D eigenvalue weighted by molar-refractivity contribution is -0.120. The minimum Gasteiger partial charge on any atom is -0.497 e. The molecule has 1 aromatic heterocycles. The number of nitrogens with one attached hydrogen (secondary N) is 1. The molecule has 0 unspecified atom stereocenters. The van der Waals surface area contributed by atoms with E-state index < -0.39 is 0 Å². The maximum Gasteiger partial charge on any atom is 0.282 e. The van der Waals surface area contributed by atoms with Crippen molar-refractivity contribution in [3.8, 4) is 5.75 Å². The number of hydrogen-bond donors (Lipinski definition) is 1. The second-order valence-corrected chi connectivity index (χ2v) is 7.31. The highest BCUT2D eigenvalue weighted by Crippen LogP contribution is 2.35. The second-order valence-electron chi connectivity index (χ2n) is 6.36. The number of benzene rings is 2. The highest BCUT2D eigenvalue weighted by atomic mass is 32.1. The van der Waals surface area contributed by atoms with Crippen LogP contribution in [0, 0.1) is 6.92 Å². The van der Waals surface area contributed by atoms with Gasteiger partial charge >= 0.3 is 0 Å². The quantitative estimate of drug-likeness (QED) is 0.654. The van der Waals surface area contributed by atoms with Gasteiger partial charge in [0.05, 0.1) is 18.4 Å². The molecular weight excluding hydrogens is 372 g/mol. The predicted molar refractivity (Wildman–Crippen MR) is 112 cm³/mol. The number of methoxy groups -OCH3 is 1. The number of carbonyl (C=O) groups is 2. The van der Waals surface area contributed by atoms with E-state index in [1.54, 1.807) is 31.4 Å². The molecule has 1 N–H and O–H groups in total. The van der Waals surface area contributed by atoms with Gasteiger partial charge in [0.1, 0.15) is 11.4 Å². The Bertz CT molecular complexity index is 1050. The Balaban J connectivity index is 1.75. The van der Waals surface area contributed by atoms with Crippen LogP contribution in [-0.2, 0) is 9.59 Å². The molecule has 1 aliphatic heterocycles. The van der Waals surface area contributed by atoms with Crippen molar-refractivity contribution in [2.45, 2.75) is 6.92 Å². The van der Waals surface area contributed by atoms with Crippen molar-refractivity contribution in [1.82, 2.24) is 0 Å². The number of thiophene rings is 1. The van der Waals surface area contributed by atoms with Crippen LogP contribution in [0.4, 0.5) is 11.4 Å². The molecule has 0 radical (unpaired) electrons. The Labute approximate surface area is 166 Å². The summed E-state index contributed by atoms with van der Waals surface area (Å²) >= 11 is 1.43. The average molecular weight is 390 g/mol. The van der Waals surface area contributed by atoms with E-state index in [0.717, 1.165) is 10.4 Å². The monoisotopic (exact) mass is 390 g/mol. The molecule has 0 aliphatic carbocycles. The molecule has 2 amide bonds. The zero-order chi connectivity index (χ0) is 19.7. The van der Waals surface area contributed by atoms with Gasteiger partial charge in [-0.15, -0.1) is 11.3 Å². The third-order valence-electron chi connectivity index (χ3n) is 4.50. The summed E-state index contributed by atoms with van der Waals surface area (Å²) in [7, 11) is 1.60. The molecular formula is C22H18N2O3S. The van der Waals surface area contributed by atoms with E-state index in [9.17, 15) is 9.59 Å². The minimum absolute atomic E-state index is 0.276. The molecule has 0 saturated heterocycles. The number of amides is 2. The van der Waals surface area contributed by atoms with Crippen LogP contribution in [0.5, 0.6) is 5.75 Å². The summed E-state index contributed by atoms with van der Waals surface area (Å²) in [5.74, 6) is 0.0218. The van der Waals surface area contributed by atoms with Crippen LogP contribution in [0.2, 0.25) is 0 Å². The van der Waals surface area contributed by atoms with Crippen molar-refractivity contribution in [1.29, 1.82) is 0 Å². The first-order chi connectivity index (χ1) is 13.6. The highest BCUT2D eigenvalue weighted by molar-refractivity contribution is 7.11. The fourth-order valence-electron chi connectivity index (χ4n) is 3.04. The van der Waals surface area contributed by atoms with E-state index in [2.05, 4.69) is 5.32 Å². The fourth-order valence-corrected chi connectivity index (χ4v) is 3.81. The summed E-state index contributed by atoms with van der Waals surface area (Å²) in [6.07, 6.45) is 0. The van der Waals surface area contributed by atoms with Gasteiger partial charge in [0.2, 0.25) is 0 Å². The van der Waals surface area contributed by atoms with Gasteiger partial charge in [-0.1, -0.05) is 23.8 Å². The van der Waals surface area contributed by atoms with Crippen LogP contribution < -0.4 is 15.0 Å². The summed E-state index contributed by atoms with van der Waals surface area (Å²) in [6.45, 7) is 1.96. The van der Waals surface area contributed by atoms with Crippen LogP contribution >= 0.6 is 11.3 Å². The van der Waals surface area contributed by atoms with E-state index in [0.29, 0.717) is 22.7 Å². The summed E-state index contributed by atoms with van der Waals surface area (Å²) < 4.78 is 5.17. The molecule has 3 aromatic rings. The van der Waals surface area contributed by atoms with Gasteiger partial charge in [-0.25, -0.2) is 4.90 Å². The fraction of sp³-hybridized carbons (Fsp3) is 0.0909. The molecule has 28 heavy (non-hydrogen) atoms. The Morgan fingerprint density at radius 1 is 0.929 bits per heavy atom. The van der Waals surface area contributed by atoms with Crippen molar-refractivity contribution in [3.05, 3.63) is 82.2 Å². The van der Waals surface area contributed by atoms with E-state index in [1.165, 1.54) is 16.2 Å². The molecule has 0 fully saturated rings. The van der Waals surface area contributed by atoms with E-state index >= 15 is 0 Å². The number of nitrogens with zero attached hydrogens (tertiary/aromatic N) is 1. The molecule has 2 heterocycles. The molecule has 0 saturated carbocycles. The maximum atomic E-state index is 13.2. The molecule has 5 nitrogen and oxygen atoms in total. The lowest BCUT2D eigenvalue weighted by atomic mass is 10.2. The summed E-state index contributed by atoms with van der Waals surface area (Å²) in [5, 5.41) is 5.03. The molecule has 1 aliphatic rings. The number of ether oxygens (including phenoxy) is 1. The Morgan fingerprint density at radius 2 is 1.64 bits per heavy atom. The molecule has 0 atom stereocenters. The Kier molecular flexibility index (Phi) is 4.71. The number of aryl methyl sites for hydroxylation is 1. The molecule has 4 rings (SSSR count). The van der Waals surface area contributed by atoms with E-state index in [-0.39, 0.29) is 17.5 Å². The number of anilines is 2. The van der Waals surface area contributed by atoms with Gasteiger partial charge in [0, 0.05) is 10.6 Å². The Hall–Kier alpha value is -3.38. The van der Waals surface area contributed by atoms with Crippen LogP contribution in [0.3, 0.4) is 0 Å². The van der Waals surface area contributed by atoms with Crippen LogP contribution in [0.25, 0.3) is 5.57 Å². The number of rotatable bonds is 5. The van der Waals surface area contributed by atoms with Crippen molar-refractivity contribution in [2.24, 2.45) is 0 Å². The second kappa shape index (κ2) is 7.32. The number of carbonyl (C=O) groups excluding carboxylic acids is 2. The first-order valence-electron chi connectivity index (χ1n) is 8.73. The molecule has 2 aromatic carbocycles. The van der Waals surface area contributed by atoms with E-state index in [4.69, 9.17) is 4.74 Å². The van der Waals surface area contributed by atoms with Gasteiger partial charge in [0.25, 0.3) is 11.8 Å². The van der Waals surface area contributed by atoms with Gasteiger partial charge in [-0.2, -0.15) is 0 Å². The normalized spacial score (nSPS) is 14.0. The van der Waals surface area contributed by atoms with Crippen LogP contribution in [-0.4, -0.2) is 18.9 Å². The summed E-state index contributed by atoms with van der Waals surface area (Å²) in [4.78, 5) is 28.4. The first-order valence-corrected chi connectivity index (χ1v) is 9.61. The topological polar surface area (TPSA) is 58.6 Å². The van der Waals surface area contributed by atoms with Gasteiger partial charge in [-0.05, 0) is 54.8 Å². The van der Waals surface area contributed by atoms with Crippen LogP contribution in [0.1, 0.15) is 10.4 Å². The number of imide groups is 1. The van der Waals surface area contributed by atoms with E-state index in [1.807, 2.05) is 48.7 Å². The predicted octanol–water partition coefficient (Wildman–Crippen LogP) is 4.46. The lowest BCUT2D eigenvalue weighted by Gasteiger charge is -2.15. The van der Waals surface area contributed by atoms with Gasteiger partial charge in [-0.3, -0.25) is 9.59 Å². The van der Waals surface area contributed by atoms with Crippen molar-refractivity contribution >= 4 is 40.1 Å². The van der Waals surface area contributed by atoms with Crippen molar-refractivity contribution < 1.29 is 14.3 Å². The standard InChI is InChI=1S/C22H18N2O3S/c1-14-5-9-16(10-6-14)24-21(25)19(18-4-3-13-28-18)20(22(24)26)23-15-7-11-17(27-2)12-8-15/h3-13,23H,1-2H3. The molecule has 0 bridgehead atoms. The minimum atomic E-state index is -0.368. The van der Waals surface area contributed by atoms with Gasteiger partial charge < -0.3 is 10.1 Å². The Morgan fingerprint density at radius 3 is 2.25 bits per heavy atom. The summed E-state index contributed by atoms with van der Waals surface area (Å²) in [5.41, 5.74) is 2.98. The zero-order valence-electron chi connectivity index (χ0n) is 15.4. The summed E-state index contributed by atoms with van der Waals surface area (Å²) in [6, 6.07) is 18.3. The SMILES string of the molecule is COc1ccc(NC2=C(c3cccs3)C(=O)N(c3ccc(C)cc3)C2=O)cc1. The van der Waals surface area contributed by atoms with Crippen molar-refractivity contribution in [2.75, 3.05) is 17.3 Å².